The number of nitro benzene ring substituents is 1. The molecule has 2 rings (SSSR count). The summed E-state index contributed by atoms with van der Waals surface area (Å²) in [5.41, 5.74) is 0.651. The molecule has 0 aromatic heterocycles. The molecule has 0 aliphatic heterocycles. The minimum absolute atomic E-state index is 0.0159. The van der Waals surface area contributed by atoms with E-state index in [4.69, 9.17) is 5.11 Å². The quantitative estimate of drug-likeness (QED) is 0.675. The molecule has 1 amide bonds. The number of carbonyl (C=O) groups excluding carboxylic acids is 1. The molecule has 2 aromatic carbocycles. The van der Waals surface area contributed by atoms with Gasteiger partial charge >= 0.3 is 5.97 Å². The van der Waals surface area contributed by atoms with Gasteiger partial charge in [0.25, 0.3) is 11.6 Å². The van der Waals surface area contributed by atoms with E-state index in [2.05, 4.69) is 0 Å². The molecule has 0 atom stereocenters. The molecule has 0 heterocycles. The molecule has 1 N–H and O–H groups in total. The van der Waals surface area contributed by atoms with Gasteiger partial charge in [-0.05, 0) is 23.8 Å². The van der Waals surface area contributed by atoms with Crippen LogP contribution in [0.1, 0.15) is 26.3 Å². The summed E-state index contributed by atoms with van der Waals surface area (Å²) in [4.78, 5) is 34.9. The zero-order valence-electron chi connectivity index (χ0n) is 12.3. The number of carboxylic acid groups (broad SMARTS) is 1. The maximum atomic E-state index is 12.4. The van der Waals surface area contributed by atoms with Crippen LogP contribution in [0.25, 0.3) is 0 Å². The molecule has 7 nitrogen and oxygen atoms in total. The van der Waals surface area contributed by atoms with E-state index in [0.29, 0.717) is 0 Å². The van der Waals surface area contributed by atoms with E-state index in [-0.39, 0.29) is 23.4 Å². The van der Waals surface area contributed by atoms with Crippen LogP contribution in [0.3, 0.4) is 0 Å². The highest BCUT2D eigenvalue weighted by Gasteiger charge is 2.22. The standard InChI is InChI=1S/C16H14N2O5/c1-17(10-11-6-8-12(9-7-11)16(20)21)15(19)13-4-2-3-5-14(13)18(22)23/h2-9H,10H2,1H3,(H,20,21). The number of nitrogens with zero attached hydrogens (tertiary/aromatic N) is 2. The van der Waals surface area contributed by atoms with Gasteiger partial charge in [0.1, 0.15) is 5.56 Å². The molecule has 0 radical (unpaired) electrons. The van der Waals surface area contributed by atoms with Crippen molar-refractivity contribution in [2.24, 2.45) is 0 Å². The van der Waals surface area contributed by atoms with Crippen molar-refractivity contribution >= 4 is 17.6 Å². The normalized spacial score (nSPS) is 10.1. The average molecular weight is 314 g/mol. The van der Waals surface area contributed by atoms with Crippen LogP contribution < -0.4 is 0 Å². The fraction of sp³-hybridized carbons (Fsp3) is 0.125. The summed E-state index contributed by atoms with van der Waals surface area (Å²) in [7, 11) is 1.53. The number of benzene rings is 2. The highest BCUT2D eigenvalue weighted by molar-refractivity contribution is 5.98. The van der Waals surface area contributed by atoms with Crippen molar-refractivity contribution in [2.75, 3.05) is 7.05 Å². The second-order valence-corrected chi connectivity index (χ2v) is 4.94. The molecular weight excluding hydrogens is 300 g/mol. The number of carboxylic acids is 1. The lowest BCUT2D eigenvalue weighted by atomic mass is 10.1. The first-order valence-corrected chi connectivity index (χ1v) is 6.71. The summed E-state index contributed by atoms with van der Waals surface area (Å²) in [6, 6.07) is 11.9. The Labute approximate surface area is 131 Å². The van der Waals surface area contributed by atoms with E-state index in [1.54, 1.807) is 18.2 Å². The van der Waals surface area contributed by atoms with Gasteiger partial charge < -0.3 is 10.0 Å². The number of amides is 1. The van der Waals surface area contributed by atoms with E-state index in [1.165, 1.54) is 42.3 Å². The van der Waals surface area contributed by atoms with Crippen LogP contribution in [0, 0.1) is 10.1 Å². The Hall–Kier alpha value is -3.22. The Morgan fingerprint density at radius 1 is 1.13 bits per heavy atom. The minimum Gasteiger partial charge on any atom is -0.478 e. The fourth-order valence-corrected chi connectivity index (χ4v) is 2.12. The van der Waals surface area contributed by atoms with Crippen molar-refractivity contribution in [3.05, 3.63) is 75.3 Å². The summed E-state index contributed by atoms with van der Waals surface area (Å²) >= 11 is 0. The van der Waals surface area contributed by atoms with E-state index >= 15 is 0 Å². The van der Waals surface area contributed by atoms with Crippen LogP contribution in [-0.2, 0) is 6.54 Å². The summed E-state index contributed by atoms with van der Waals surface area (Å²) in [5.74, 6) is -1.50. The van der Waals surface area contributed by atoms with Gasteiger partial charge in [-0.15, -0.1) is 0 Å². The molecule has 7 heteroatoms. The Morgan fingerprint density at radius 3 is 2.30 bits per heavy atom. The third-order valence-corrected chi connectivity index (χ3v) is 3.30. The lowest BCUT2D eigenvalue weighted by Crippen LogP contribution is -2.26. The molecule has 0 unspecified atom stereocenters. The molecule has 0 aliphatic carbocycles. The number of carbonyl (C=O) groups is 2. The second-order valence-electron chi connectivity index (χ2n) is 4.94. The van der Waals surface area contributed by atoms with Crippen LogP contribution in [-0.4, -0.2) is 33.9 Å². The van der Waals surface area contributed by atoms with Crippen LogP contribution in [0.4, 0.5) is 5.69 Å². The lowest BCUT2D eigenvalue weighted by Gasteiger charge is -2.17. The molecule has 0 spiro atoms. The Balaban J connectivity index is 2.17. The fourth-order valence-electron chi connectivity index (χ4n) is 2.12. The average Bonchev–Trinajstić information content (AvgIpc) is 2.54. The van der Waals surface area contributed by atoms with Crippen molar-refractivity contribution in [1.29, 1.82) is 0 Å². The first kappa shape index (κ1) is 16.2. The molecule has 0 saturated heterocycles. The maximum Gasteiger partial charge on any atom is 0.335 e. The number of hydrogen-bond donors (Lipinski definition) is 1. The zero-order chi connectivity index (χ0) is 17.0. The van der Waals surface area contributed by atoms with Gasteiger partial charge in [0, 0.05) is 19.7 Å². The van der Waals surface area contributed by atoms with Gasteiger partial charge in [-0.25, -0.2) is 4.79 Å². The SMILES string of the molecule is CN(Cc1ccc(C(=O)O)cc1)C(=O)c1ccccc1[N+](=O)[O-]. The number of aromatic carboxylic acids is 1. The first-order chi connectivity index (χ1) is 10.9. The van der Waals surface area contributed by atoms with Crippen molar-refractivity contribution in [1.82, 2.24) is 4.90 Å². The Kier molecular flexibility index (Phi) is 4.70. The molecule has 23 heavy (non-hydrogen) atoms. The molecule has 0 fully saturated rings. The van der Waals surface area contributed by atoms with E-state index in [9.17, 15) is 19.7 Å². The van der Waals surface area contributed by atoms with E-state index in [0.717, 1.165) is 5.56 Å². The lowest BCUT2D eigenvalue weighted by molar-refractivity contribution is -0.385. The van der Waals surface area contributed by atoms with Crippen LogP contribution in [0.5, 0.6) is 0 Å². The largest absolute Gasteiger partial charge is 0.478 e. The second kappa shape index (κ2) is 6.69. The molecule has 0 bridgehead atoms. The van der Waals surface area contributed by atoms with Gasteiger partial charge in [0.15, 0.2) is 0 Å². The summed E-state index contributed by atoms with van der Waals surface area (Å²) in [6.07, 6.45) is 0. The third-order valence-electron chi connectivity index (χ3n) is 3.30. The Bertz CT molecular complexity index is 755. The van der Waals surface area contributed by atoms with Crippen molar-refractivity contribution in [3.8, 4) is 0 Å². The van der Waals surface area contributed by atoms with Gasteiger partial charge in [0.05, 0.1) is 10.5 Å². The van der Waals surface area contributed by atoms with Crippen LogP contribution in [0.15, 0.2) is 48.5 Å². The molecular formula is C16H14N2O5. The molecule has 0 aliphatic rings. The summed E-state index contributed by atoms with van der Waals surface area (Å²) in [5, 5.41) is 19.8. The van der Waals surface area contributed by atoms with Gasteiger partial charge in [0.2, 0.25) is 0 Å². The molecule has 118 valence electrons. The minimum atomic E-state index is -1.03. The van der Waals surface area contributed by atoms with Gasteiger partial charge in [-0.1, -0.05) is 24.3 Å². The maximum absolute atomic E-state index is 12.4. The summed E-state index contributed by atoms with van der Waals surface area (Å²) in [6.45, 7) is 0.213. The predicted octanol–water partition coefficient (Wildman–Crippen LogP) is 2.57. The predicted molar refractivity (Wildman–Crippen MR) is 82.3 cm³/mol. The van der Waals surface area contributed by atoms with Gasteiger partial charge in [-0.2, -0.15) is 0 Å². The van der Waals surface area contributed by atoms with Crippen molar-refractivity contribution in [2.45, 2.75) is 6.54 Å². The van der Waals surface area contributed by atoms with E-state index < -0.39 is 16.8 Å². The van der Waals surface area contributed by atoms with Gasteiger partial charge in [-0.3, -0.25) is 14.9 Å². The third kappa shape index (κ3) is 3.70. The highest BCUT2D eigenvalue weighted by atomic mass is 16.6. The number of nitro groups is 1. The van der Waals surface area contributed by atoms with Crippen molar-refractivity contribution < 1.29 is 19.6 Å². The summed E-state index contributed by atoms with van der Waals surface area (Å²) < 4.78 is 0. The number of hydrogen-bond acceptors (Lipinski definition) is 4. The zero-order valence-corrected chi connectivity index (χ0v) is 12.3. The first-order valence-electron chi connectivity index (χ1n) is 6.71. The monoisotopic (exact) mass is 314 g/mol. The highest BCUT2D eigenvalue weighted by Crippen LogP contribution is 2.20. The van der Waals surface area contributed by atoms with Crippen molar-refractivity contribution in [3.63, 3.8) is 0 Å². The van der Waals surface area contributed by atoms with Crippen LogP contribution >= 0.6 is 0 Å². The molecule has 0 saturated carbocycles. The van der Waals surface area contributed by atoms with Crippen LogP contribution in [0.2, 0.25) is 0 Å². The smallest absolute Gasteiger partial charge is 0.335 e. The number of rotatable bonds is 5. The topological polar surface area (TPSA) is 101 Å². The molecule has 2 aromatic rings. The Morgan fingerprint density at radius 2 is 1.74 bits per heavy atom. The van der Waals surface area contributed by atoms with E-state index in [1.807, 2.05) is 0 Å². The number of para-hydroxylation sites is 1.